The highest BCUT2D eigenvalue weighted by atomic mass is 15.2. The third-order valence-corrected chi connectivity index (χ3v) is 3.43. The molecule has 0 aromatic carbocycles. The number of nitrogens with zero attached hydrogens (tertiary/aromatic N) is 2. The molecule has 0 fully saturated rings. The Hall–Kier alpha value is -1.09. The third-order valence-electron chi connectivity index (χ3n) is 3.43. The van der Waals surface area contributed by atoms with Gasteiger partial charge < -0.3 is 10.2 Å². The van der Waals surface area contributed by atoms with E-state index in [9.17, 15) is 0 Å². The van der Waals surface area contributed by atoms with Crippen molar-refractivity contribution in [1.82, 2.24) is 10.3 Å². The number of nitrogens with one attached hydrogen (secondary N) is 1. The minimum atomic E-state index is 0.578. The minimum absolute atomic E-state index is 0.578. The van der Waals surface area contributed by atoms with E-state index in [2.05, 4.69) is 42.0 Å². The highest BCUT2D eigenvalue weighted by Gasteiger charge is 2.15. The van der Waals surface area contributed by atoms with E-state index < -0.39 is 0 Å². The van der Waals surface area contributed by atoms with Gasteiger partial charge in [0.2, 0.25) is 0 Å². The Bertz CT molecular complexity index is 338. The fraction of sp³-hybridized carbons (Fsp3) is 0.667. The third kappa shape index (κ3) is 3.98. The van der Waals surface area contributed by atoms with Gasteiger partial charge in [-0.05, 0) is 32.9 Å². The van der Waals surface area contributed by atoms with Crippen LogP contribution >= 0.6 is 0 Å². The van der Waals surface area contributed by atoms with Crippen LogP contribution in [0, 0.1) is 0 Å². The van der Waals surface area contributed by atoms with E-state index in [-0.39, 0.29) is 0 Å². The molecule has 0 aliphatic rings. The molecule has 0 saturated heterocycles. The first-order chi connectivity index (χ1) is 8.74. The normalized spacial score (nSPS) is 12.4. The summed E-state index contributed by atoms with van der Waals surface area (Å²) >= 11 is 0. The summed E-state index contributed by atoms with van der Waals surface area (Å²) in [5.74, 6) is 0. The van der Waals surface area contributed by atoms with Gasteiger partial charge in [0.05, 0.1) is 0 Å². The van der Waals surface area contributed by atoms with Crippen LogP contribution in [0.3, 0.4) is 0 Å². The van der Waals surface area contributed by atoms with Crippen LogP contribution in [0.2, 0.25) is 0 Å². The van der Waals surface area contributed by atoms with Crippen LogP contribution in [0.1, 0.15) is 45.6 Å². The molecule has 3 heteroatoms. The Morgan fingerprint density at radius 3 is 2.78 bits per heavy atom. The molecular formula is C15H27N3. The van der Waals surface area contributed by atoms with E-state index in [1.165, 1.54) is 30.5 Å². The van der Waals surface area contributed by atoms with Crippen LogP contribution < -0.4 is 10.2 Å². The largest absolute Gasteiger partial charge is 0.368 e. The van der Waals surface area contributed by atoms with E-state index in [0.717, 1.165) is 13.1 Å². The zero-order valence-corrected chi connectivity index (χ0v) is 12.2. The van der Waals surface area contributed by atoms with Crippen molar-refractivity contribution in [1.29, 1.82) is 0 Å². The van der Waals surface area contributed by atoms with Gasteiger partial charge in [-0.3, -0.25) is 4.98 Å². The molecule has 1 N–H and O–H groups in total. The molecule has 0 bridgehead atoms. The summed E-state index contributed by atoms with van der Waals surface area (Å²) in [6.45, 7) is 8.81. The molecule has 0 amide bonds. The Balaban J connectivity index is 2.95. The van der Waals surface area contributed by atoms with E-state index >= 15 is 0 Å². The van der Waals surface area contributed by atoms with Crippen LogP contribution in [-0.2, 0) is 6.54 Å². The van der Waals surface area contributed by atoms with E-state index in [1.54, 1.807) is 0 Å². The van der Waals surface area contributed by atoms with Crippen LogP contribution in [0.4, 0.5) is 5.69 Å². The maximum Gasteiger partial charge on any atom is 0.0445 e. The number of anilines is 1. The fourth-order valence-electron chi connectivity index (χ4n) is 2.15. The zero-order valence-electron chi connectivity index (χ0n) is 12.2. The average molecular weight is 249 g/mol. The van der Waals surface area contributed by atoms with Crippen molar-refractivity contribution in [3.05, 3.63) is 24.0 Å². The predicted octanol–water partition coefficient (Wildman–Crippen LogP) is 3.21. The molecule has 0 aliphatic heterocycles. The van der Waals surface area contributed by atoms with Crippen molar-refractivity contribution in [2.45, 2.75) is 52.6 Å². The summed E-state index contributed by atoms with van der Waals surface area (Å²) in [5, 5.41) is 3.23. The Morgan fingerprint density at radius 2 is 2.17 bits per heavy atom. The molecule has 0 spiro atoms. The molecule has 0 saturated carbocycles. The van der Waals surface area contributed by atoms with Gasteiger partial charge in [-0.2, -0.15) is 0 Å². The standard InChI is InChI=1S/C15H27N3/c1-5-7-10-18(13(3)6-2)15-8-9-17-12-14(15)11-16-4/h8-9,12-13,16H,5-7,10-11H2,1-4H3. The van der Waals surface area contributed by atoms with E-state index in [1.807, 2.05) is 19.4 Å². The van der Waals surface area contributed by atoms with Crippen molar-refractivity contribution in [2.24, 2.45) is 0 Å². The average Bonchev–Trinajstić information content (AvgIpc) is 2.40. The van der Waals surface area contributed by atoms with Crippen LogP contribution in [0.5, 0.6) is 0 Å². The molecule has 18 heavy (non-hydrogen) atoms. The van der Waals surface area contributed by atoms with Gasteiger partial charge in [-0.1, -0.05) is 20.3 Å². The first-order valence-corrected chi connectivity index (χ1v) is 7.08. The van der Waals surface area contributed by atoms with Gasteiger partial charge in [0.15, 0.2) is 0 Å². The van der Waals surface area contributed by atoms with Crippen LogP contribution in [0.15, 0.2) is 18.5 Å². The smallest absolute Gasteiger partial charge is 0.0445 e. The first kappa shape index (κ1) is 15.0. The highest BCUT2D eigenvalue weighted by molar-refractivity contribution is 5.53. The Kier molecular flexibility index (Phi) is 6.73. The number of aromatic nitrogens is 1. The second-order valence-corrected chi connectivity index (χ2v) is 4.84. The molecule has 0 aliphatic carbocycles. The van der Waals surface area contributed by atoms with Gasteiger partial charge >= 0.3 is 0 Å². The SMILES string of the molecule is CCCCN(c1ccncc1CNC)C(C)CC. The van der Waals surface area contributed by atoms with Gasteiger partial charge in [0.1, 0.15) is 0 Å². The van der Waals surface area contributed by atoms with Crippen molar-refractivity contribution in [3.8, 4) is 0 Å². The maximum absolute atomic E-state index is 4.25. The second-order valence-electron chi connectivity index (χ2n) is 4.84. The van der Waals surface area contributed by atoms with E-state index in [4.69, 9.17) is 0 Å². The van der Waals surface area contributed by atoms with Gasteiger partial charge in [0.25, 0.3) is 0 Å². The zero-order chi connectivity index (χ0) is 13.4. The Morgan fingerprint density at radius 1 is 1.39 bits per heavy atom. The summed E-state index contributed by atoms with van der Waals surface area (Å²) < 4.78 is 0. The molecule has 3 nitrogen and oxygen atoms in total. The summed E-state index contributed by atoms with van der Waals surface area (Å²) in [4.78, 5) is 6.77. The highest BCUT2D eigenvalue weighted by Crippen LogP contribution is 2.23. The minimum Gasteiger partial charge on any atom is -0.368 e. The molecule has 0 radical (unpaired) electrons. The van der Waals surface area contributed by atoms with Crippen molar-refractivity contribution >= 4 is 5.69 Å². The number of rotatable bonds is 8. The molecule has 102 valence electrons. The topological polar surface area (TPSA) is 28.2 Å². The number of hydrogen-bond acceptors (Lipinski definition) is 3. The first-order valence-electron chi connectivity index (χ1n) is 7.08. The predicted molar refractivity (Wildman–Crippen MR) is 79.0 cm³/mol. The molecular weight excluding hydrogens is 222 g/mol. The summed E-state index contributed by atoms with van der Waals surface area (Å²) in [7, 11) is 1.98. The van der Waals surface area contributed by atoms with Crippen molar-refractivity contribution in [2.75, 3.05) is 18.5 Å². The van der Waals surface area contributed by atoms with Gasteiger partial charge in [-0.25, -0.2) is 0 Å². The van der Waals surface area contributed by atoms with Crippen molar-refractivity contribution < 1.29 is 0 Å². The monoisotopic (exact) mass is 249 g/mol. The molecule has 1 aromatic heterocycles. The lowest BCUT2D eigenvalue weighted by Gasteiger charge is -2.32. The lowest BCUT2D eigenvalue weighted by molar-refractivity contribution is 0.592. The van der Waals surface area contributed by atoms with Crippen molar-refractivity contribution in [3.63, 3.8) is 0 Å². The van der Waals surface area contributed by atoms with Crippen LogP contribution in [0.25, 0.3) is 0 Å². The Labute approximate surface area is 112 Å². The lowest BCUT2D eigenvalue weighted by atomic mass is 10.1. The molecule has 1 aromatic rings. The summed E-state index contributed by atoms with van der Waals surface area (Å²) in [6.07, 6.45) is 7.53. The molecule has 1 heterocycles. The number of pyridine rings is 1. The fourth-order valence-corrected chi connectivity index (χ4v) is 2.15. The number of hydrogen-bond donors (Lipinski definition) is 1. The van der Waals surface area contributed by atoms with Crippen LogP contribution in [-0.4, -0.2) is 24.6 Å². The van der Waals surface area contributed by atoms with E-state index in [0.29, 0.717) is 6.04 Å². The molecule has 1 atom stereocenters. The lowest BCUT2D eigenvalue weighted by Crippen LogP contribution is -2.34. The van der Waals surface area contributed by atoms with Gasteiger partial charge in [-0.15, -0.1) is 0 Å². The molecule has 1 unspecified atom stereocenters. The number of unbranched alkanes of at least 4 members (excludes halogenated alkanes) is 1. The quantitative estimate of drug-likeness (QED) is 0.767. The summed E-state index contributed by atoms with van der Waals surface area (Å²) in [6, 6.07) is 2.73. The molecule has 1 rings (SSSR count). The summed E-state index contributed by atoms with van der Waals surface area (Å²) in [5.41, 5.74) is 2.62. The van der Waals surface area contributed by atoms with Gasteiger partial charge in [0, 0.05) is 42.8 Å². The second kappa shape index (κ2) is 8.09. The maximum atomic E-state index is 4.25.